The van der Waals surface area contributed by atoms with E-state index in [1.807, 2.05) is 0 Å². The van der Waals surface area contributed by atoms with E-state index in [-0.39, 0.29) is 6.61 Å². The molecule has 0 saturated carbocycles. The molecule has 1 fully saturated rings. The van der Waals surface area contributed by atoms with Crippen molar-refractivity contribution in [1.82, 2.24) is 0 Å². The average molecular weight is 184 g/mol. The quantitative estimate of drug-likeness (QED) is 0.572. The van der Waals surface area contributed by atoms with Crippen molar-refractivity contribution in [2.24, 2.45) is 5.92 Å². The highest BCUT2D eigenvalue weighted by Crippen LogP contribution is 2.33. The maximum absolute atomic E-state index is 12.2. The van der Waals surface area contributed by atoms with Crippen molar-refractivity contribution < 1.29 is 22.6 Å². The molecule has 1 saturated heterocycles. The van der Waals surface area contributed by atoms with Crippen LogP contribution in [0.25, 0.3) is 0 Å². The highest BCUT2D eigenvalue weighted by atomic mass is 19.4. The predicted octanol–water partition coefficient (Wildman–Crippen LogP) is 1.95. The van der Waals surface area contributed by atoms with Crippen molar-refractivity contribution in [2.75, 3.05) is 6.61 Å². The lowest BCUT2D eigenvalue weighted by Gasteiger charge is -2.34. The molecular formula is C7H11F3O2. The maximum Gasteiger partial charge on any atom is 0.396 e. The minimum absolute atomic E-state index is 0.300. The molecule has 0 bridgehead atoms. The number of alkyl halides is 3. The molecule has 0 aromatic heterocycles. The van der Waals surface area contributed by atoms with Gasteiger partial charge in [0.1, 0.15) is 5.92 Å². The van der Waals surface area contributed by atoms with E-state index in [9.17, 15) is 13.2 Å². The Labute approximate surface area is 68.6 Å². The van der Waals surface area contributed by atoms with Crippen molar-refractivity contribution in [1.29, 1.82) is 0 Å². The third-order valence-corrected chi connectivity index (χ3v) is 1.90. The Balaban J connectivity index is 2.57. The van der Waals surface area contributed by atoms with E-state index in [0.29, 0.717) is 0 Å². The van der Waals surface area contributed by atoms with Crippen molar-refractivity contribution in [3.05, 3.63) is 0 Å². The van der Waals surface area contributed by atoms with Gasteiger partial charge < -0.3 is 9.47 Å². The standard InChI is InChI=1S/C7H11F3O2/c1-4-6(7(8,9)10)3-11-5(2)12-4/h4-6H,3H2,1-2H3. The first kappa shape index (κ1) is 9.80. The molecule has 1 rings (SSSR count). The molecule has 5 heteroatoms. The van der Waals surface area contributed by atoms with Gasteiger partial charge in [0.2, 0.25) is 0 Å². The van der Waals surface area contributed by atoms with Crippen LogP contribution >= 0.6 is 0 Å². The second kappa shape index (κ2) is 3.22. The molecule has 0 radical (unpaired) electrons. The fourth-order valence-corrected chi connectivity index (χ4v) is 1.17. The Kier molecular flexibility index (Phi) is 2.63. The first-order valence-corrected chi connectivity index (χ1v) is 3.75. The van der Waals surface area contributed by atoms with E-state index in [0.717, 1.165) is 0 Å². The van der Waals surface area contributed by atoms with E-state index in [1.165, 1.54) is 6.92 Å². The molecule has 1 aliphatic rings. The van der Waals surface area contributed by atoms with E-state index >= 15 is 0 Å². The molecule has 3 unspecified atom stereocenters. The first-order chi connectivity index (χ1) is 5.41. The van der Waals surface area contributed by atoms with Gasteiger partial charge in [0, 0.05) is 0 Å². The molecule has 1 aliphatic heterocycles. The Morgan fingerprint density at radius 3 is 2.25 bits per heavy atom. The van der Waals surface area contributed by atoms with Crippen LogP contribution in [-0.2, 0) is 9.47 Å². The van der Waals surface area contributed by atoms with Gasteiger partial charge in [-0.3, -0.25) is 0 Å². The minimum Gasteiger partial charge on any atom is -0.352 e. The number of rotatable bonds is 0. The Hall–Kier alpha value is -0.290. The molecule has 12 heavy (non-hydrogen) atoms. The summed E-state index contributed by atoms with van der Waals surface area (Å²) in [5.74, 6) is -1.49. The van der Waals surface area contributed by atoms with Crippen LogP contribution in [0.2, 0.25) is 0 Å². The normalized spacial score (nSPS) is 38.2. The van der Waals surface area contributed by atoms with Crippen molar-refractivity contribution in [3.8, 4) is 0 Å². The van der Waals surface area contributed by atoms with E-state index in [2.05, 4.69) is 0 Å². The largest absolute Gasteiger partial charge is 0.396 e. The van der Waals surface area contributed by atoms with Gasteiger partial charge in [-0.05, 0) is 13.8 Å². The van der Waals surface area contributed by atoms with Gasteiger partial charge in [-0.1, -0.05) is 0 Å². The second-order valence-electron chi connectivity index (χ2n) is 2.89. The lowest BCUT2D eigenvalue weighted by molar-refractivity contribution is -0.292. The molecule has 0 aromatic rings. The van der Waals surface area contributed by atoms with Crippen LogP contribution in [0.3, 0.4) is 0 Å². The maximum atomic E-state index is 12.2. The molecular weight excluding hydrogens is 173 g/mol. The number of ether oxygens (including phenoxy) is 2. The summed E-state index contributed by atoms with van der Waals surface area (Å²) in [6, 6.07) is 0. The zero-order chi connectivity index (χ0) is 9.35. The van der Waals surface area contributed by atoms with Crippen LogP contribution in [0.1, 0.15) is 13.8 Å². The molecule has 0 aromatic carbocycles. The van der Waals surface area contributed by atoms with Gasteiger partial charge in [-0.25, -0.2) is 0 Å². The zero-order valence-electron chi connectivity index (χ0n) is 6.89. The van der Waals surface area contributed by atoms with Crippen LogP contribution in [-0.4, -0.2) is 25.2 Å². The highest BCUT2D eigenvalue weighted by Gasteiger charge is 2.46. The molecule has 72 valence electrons. The summed E-state index contributed by atoms with van der Waals surface area (Å²) in [7, 11) is 0. The smallest absolute Gasteiger partial charge is 0.352 e. The molecule has 0 N–H and O–H groups in total. The third-order valence-electron chi connectivity index (χ3n) is 1.90. The van der Waals surface area contributed by atoms with E-state index < -0.39 is 24.5 Å². The molecule has 0 amide bonds. The SMILES string of the molecule is CC1OCC(C(F)(F)F)C(C)O1. The summed E-state index contributed by atoms with van der Waals surface area (Å²) in [5, 5.41) is 0. The fourth-order valence-electron chi connectivity index (χ4n) is 1.17. The second-order valence-corrected chi connectivity index (χ2v) is 2.89. The minimum atomic E-state index is -4.22. The van der Waals surface area contributed by atoms with Gasteiger partial charge in [-0.15, -0.1) is 0 Å². The van der Waals surface area contributed by atoms with Gasteiger partial charge in [-0.2, -0.15) is 13.2 Å². The first-order valence-electron chi connectivity index (χ1n) is 3.75. The van der Waals surface area contributed by atoms with Crippen LogP contribution in [0, 0.1) is 5.92 Å². The van der Waals surface area contributed by atoms with Crippen molar-refractivity contribution in [2.45, 2.75) is 32.4 Å². The summed E-state index contributed by atoms with van der Waals surface area (Å²) in [6.45, 7) is 2.70. The van der Waals surface area contributed by atoms with Crippen LogP contribution in [0.15, 0.2) is 0 Å². The van der Waals surface area contributed by atoms with Gasteiger partial charge in [0.25, 0.3) is 0 Å². The zero-order valence-corrected chi connectivity index (χ0v) is 6.89. The number of hydrogen-bond donors (Lipinski definition) is 0. The monoisotopic (exact) mass is 184 g/mol. The topological polar surface area (TPSA) is 18.5 Å². The summed E-state index contributed by atoms with van der Waals surface area (Å²) in [4.78, 5) is 0. The van der Waals surface area contributed by atoms with Crippen LogP contribution in [0.5, 0.6) is 0 Å². The van der Waals surface area contributed by atoms with Gasteiger partial charge in [0.15, 0.2) is 6.29 Å². The van der Waals surface area contributed by atoms with E-state index in [1.54, 1.807) is 6.92 Å². The van der Waals surface area contributed by atoms with Crippen LogP contribution < -0.4 is 0 Å². The number of hydrogen-bond acceptors (Lipinski definition) is 2. The summed E-state index contributed by atoms with van der Waals surface area (Å²) >= 11 is 0. The fraction of sp³-hybridized carbons (Fsp3) is 1.00. The third kappa shape index (κ3) is 2.10. The summed E-state index contributed by atoms with van der Waals surface area (Å²) < 4.78 is 46.1. The van der Waals surface area contributed by atoms with Gasteiger partial charge >= 0.3 is 6.18 Å². The van der Waals surface area contributed by atoms with Crippen LogP contribution in [0.4, 0.5) is 13.2 Å². The van der Waals surface area contributed by atoms with Crippen molar-refractivity contribution in [3.63, 3.8) is 0 Å². The lowest BCUT2D eigenvalue weighted by Crippen LogP contribution is -2.44. The van der Waals surface area contributed by atoms with Gasteiger partial charge in [0.05, 0.1) is 12.7 Å². The average Bonchev–Trinajstić information content (AvgIpc) is 1.83. The molecule has 3 atom stereocenters. The Morgan fingerprint density at radius 1 is 1.25 bits per heavy atom. The summed E-state index contributed by atoms with van der Waals surface area (Å²) in [6.07, 6.45) is -5.56. The molecule has 0 aliphatic carbocycles. The highest BCUT2D eigenvalue weighted by molar-refractivity contribution is 4.76. The Morgan fingerprint density at radius 2 is 1.83 bits per heavy atom. The van der Waals surface area contributed by atoms with Crippen molar-refractivity contribution >= 4 is 0 Å². The summed E-state index contributed by atoms with van der Waals surface area (Å²) in [5.41, 5.74) is 0. The van der Waals surface area contributed by atoms with E-state index in [4.69, 9.17) is 9.47 Å². The molecule has 1 heterocycles. The lowest BCUT2D eigenvalue weighted by atomic mass is 10.0. The number of halogens is 3. The molecule has 2 nitrogen and oxygen atoms in total. The molecule has 0 spiro atoms. The Bertz CT molecular complexity index is 157. The predicted molar refractivity (Wildman–Crippen MR) is 35.5 cm³/mol.